The number of thioether (sulfide) groups is 1. The Labute approximate surface area is 184 Å². The zero-order chi connectivity index (χ0) is 21.7. The molecule has 1 aliphatic carbocycles. The van der Waals surface area contributed by atoms with Crippen LogP contribution < -0.4 is 10.6 Å². The third kappa shape index (κ3) is 3.92. The molecule has 2 heterocycles. The van der Waals surface area contributed by atoms with Gasteiger partial charge in [-0.3, -0.25) is 14.5 Å². The van der Waals surface area contributed by atoms with Crippen molar-refractivity contribution in [2.75, 3.05) is 18.1 Å². The van der Waals surface area contributed by atoms with Crippen molar-refractivity contribution in [1.29, 1.82) is 0 Å². The highest BCUT2D eigenvalue weighted by atomic mass is 32.2. The van der Waals surface area contributed by atoms with Crippen LogP contribution in [0.1, 0.15) is 40.0 Å². The Balaban J connectivity index is 1.47. The Morgan fingerprint density at radius 1 is 1.37 bits per heavy atom. The van der Waals surface area contributed by atoms with Gasteiger partial charge in [-0.05, 0) is 55.1 Å². The van der Waals surface area contributed by atoms with E-state index in [9.17, 15) is 14.4 Å². The molecule has 1 aliphatic heterocycles. The summed E-state index contributed by atoms with van der Waals surface area (Å²) < 4.78 is 1.94. The van der Waals surface area contributed by atoms with Crippen LogP contribution in [-0.4, -0.2) is 46.1 Å². The van der Waals surface area contributed by atoms with Gasteiger partial charge in [-0.1, -0.05) is 32.5 Å². The topological polar surface area (TPSA) is 91.4 Å². The highest BCUT2D eigenvalue weighted by molar-refractivity contribution is 8.00. The molecule has 4 amide bonds. The van der Waals surface area contributed by atoms with E-state index in [1.807, 2.05) is 18.4 Å². The molecule has 1 spiro atoms. The average molecular weight is 447 g/mol. The van der Waals surface area contributed by atoms with Gasteiger partial charge in [0.2, 0.25) is 5.91 Å². The largest absolute Gasteiger partial charge is 0.325 e. The molecule has 4 rings (SSSR count). The van der Waals surface area contributed by atoms with Crippen LogP contribution in [0.2, 0.25) is 0 Å². The molecule has 2 N–H and O–H groups in total. The van der Waals surface area contributed by atoms with Crippen molar-refractivity contribution in [2.24, 2.45) is 11.3 Å². The van der Waals surface area contributed by atoms with Crippen molar-refractivity contribution in [3.05, 3.63) is 18.2 Å². The summed E-state index contributed by atoms with van der Waals surface area (Å²) in [7, 11) is 0. The minimum absolute atomic E-state index is 0.0430. The van der Waals surface area contributed by atoms with Crippen LogP contribution in [-0.2, 0) is 9.59 Å². The summed E-state index contributed by atoms with van der Waals surface area (Å²) >= 11 is 3.14. The number of carbonyl (C=O) groups excluding carboxylic acids is 3. The highest BCUT2D eigenvalue weighted by Crippen LogP contribution is 2.46. The van der Waals surface area contributed by atoms with Gasteiger partial charge in [-0.25, -0.2) is 9.78 Å². The van der Waals surface area contributed by atoms with Gasteiger partial charge in [0.25, 0.3) is 5.91 Å². The predicted octanol–water partition coefficient (Wildman–Crippen LogP) is 4.09. The number of anilines is 1. The standard InChI is InChI=1S/C21H26N4O3S2/c1-12-8-20(2,3)11-21(9-12)17(27)25(18(28)24-21)10-16(26)22-13-5-6-14-15(7-13)30-19(23-14)29-4/h5-7,12H,8-11H2,1-4H3,(H,22,26)(H,24,28)/t12-,21+/m1/s1. The molecule has 0 bridgehead atoms. The quantitative estimate of drug-likeness (QED) is 0.545. The van der Waals surface area contributed by atoms with Crippen LogP contribution >= 0.6 is 23.1 Å². The van der Waals surface area contributed by atoms with Crippen molar-refractivity contribution < 1.29 is 14.4 Å². The number of fused-ring (bicyclic) bond motifs is 1. The monoisotopic (exact) mass is 446 g/mol. The lowest BCUT2D eigenvalue weighted by Gasteiger charge is -2.43. The summed E-state index contributed by atoms with van der Waals surface area (Å²) in [6, 6.07) is 5.02. The molecule has 2 fully saturated rings. The lowest BCUT2D eigenvalue weighted by Crippen LogP contribution is -2.54. The second-order valence-corrected chi connectivity index (χ2v) is 11.3. The fraction of sp³-hybridized carbons (Fsp3) is 0.524. The van der Waals surface area contributed by atoms with Gasteiger partial charge in [0.15, 0.2) is 4.34 Å². The van der Waals surface area contributed by atoms with Gasteiger partial charge < -0.3 is 10.6 Å². The number of urea groups is 1. The molecule has 2 atom stereocenters. The Hall–Kier alpha value is -2.13. The Morgan fingerprint density at radius 2 is 2.13 bits per heavy atom. The van der Waals surface area contributed by atoms with Gasteiger partial charge in [-0.2, -0.15) is 0 Å². The minimum Gasteiger partial charge on any atom is -0.324 e. The zero-order valence-corrected chi connectivity index (χ0v) is 19.2. The van der Waals surface area contributed by atoms with Crippen LogP contribution in [0.4, 0.5) is 10.5 Å². The van der Waals surface area contributed by atoms with E-state index in [1.165, 1.54) is 0 Å². The third-order valence-electron chi connectivity index (χ3n) is 5.75. The average Bonchev–Trinajstić information content (AvgIpc) is 3.14. The van der Waals surface area contributed by atoms with Crippen molar-refractivity contribution in [1.82, 2.24) is 15.2 Å². The molecule has 1 saturated carbocycles. The lowest BCUT2D eigenvalue weighted by molar-refractivity contribution is -0.136. The van der Waals surface area contributed by atoms with Gasteiger partial charge in [-0.15, -0.1) is 11.3 Å². The maximum atomic E-state index is 13.2. The van der Waals surface area contributed by atoms with Crippen molar-refractivity contribution in [2.45, 2.75) is 49.9 Å². The van der Waals surface area contributed by atoms with Crippen LogP contribution in [0.5, 0.6) is 0 Å². The van der Waals surface area contributed by atoms with E-state index in [0.717, 1.165) is 25.9 Å². The molecular weight excluding hydrogens is 420 g/mol. The summed E-state index contributed by atoms with van der Waals surface area (Å²) in [6.07, 6.45) is 4.18. The van der Waals surface area contributed by atoms with Gasteiger partial charge in [0, 0.05) is 5.69 Å². The second kappa shape index (κ2) is 7.53. The number of aromatic nitrogens is 1. The summed E-state index contributed by atoms with van der Waals surface area (Å²) in [6.45, 7) is 6.06. The first-order valence-electron chi connectivity index (χ1n) is 9.99. The molecule has 9 heteroatoms. The van der Waals surface area contributed by atoms with Crippen molar-refractivity contribution in [3.8, 4) is 0 Å². The summed E-state index contributed by atoms with van der Waals surface area (Å²) in [5.74, 6) is -0.360. The first-order chi connectivity index (χ1) is 14.1. The molecule has 30 heavy (non-hydrogen) atoms. The number of nitrogens with zero attached hydrogens (tertiary/aromatic N) is 2. The van der Waals surface area contributed by atoms with E-state index >= 15 is 0 Å². The first-order valence-corrected chi connectivity index (χ1v) is 12.0. The smallest absolute Gasteiger partial charge is 0.324 e. The Kier molecular flexibility index (Phi) is 5.30. The van der Waals surface area contributed by atoms with E-state index in [2.05, 4.69) is 36.4 Å². The molecule has 1 aromatic carbocycles. The molecule has 0 unspecified atom stereocenters. The van der Waals surface area contributed by atoms with Crippen molar-refractivity contribution in [3.63, 3.8) is 0 Å². The number of benzene rings is 1. The molecule has 1 saturated heterocycles. The van der Waals surface area contributed by atoms with Crippen LogP contribution in [0.3, 0.4) is 0 Å². The Bertz CT molecular complexity index is 1030. The van der Waals surface area contributed by atoms with E-state index in [0.29, 0.717) is 24.4 Å². The van der Waals surface area contributed by atoms with Crippen molar-refractivity contribution >= 4 is 56.8 Å². The van der Waals surface area contributed by atoms with Gasteiger partial charge in [0.05, 0.1) is 10.2 Å². The zero-order valence-electron chi connectivity index (χ0n) is 17.6. The summed E-state index contributed by atoms with van der Waals surface area (Å²) in [4.78, 5) is 43.9. The number of hydrogen-bond donors (Lipinski definition) is 2. The maximum absolute atomic E-state index is 13.2. The number of carbonyl (C=O) groups is 3. The molecule has 7 nitrogen and oxygen atoms in total. The molecule has 2 aliphatic rings. The molecule has 160 valence electrons. The lowest BCUT2D eigenvalue weighted by atomic mass is 9.64. The third-order valence-corrected chi connectivity index (χ3v) is 7.76. The predicted molar refractivity (Wildman–Crippen MR) is 120 cm³/mol. The number of amides is 4. The van der Waals surface area contributed by atoms with Crippen LogP contribution in [0.25, 0.3) is 10.2 Å². The number of thiazole rings is 1. The van der Waals surface area contributed by atoms with Gasteiger partial charge >= 0.3 is 6.03 Å². The SMILES string of the molecule is CSc1nc2ccc(NC(=O)CN3C(=O)N[C@]4(C[C@H](C)CC(C)(C)C4)C3=O)cc2s1. The number of rotatable bonds is 4. The first kappa shape index (κ1) is 21.1. The fourth-order valence-corrected chi connectivity index (χ4v) is 6.59. The molecule has 2 aromatic rings. The van der Waals surface area contributed by atoms with E-state index < -0.39 is 17.5 Å². The van der Waals surface area contributed by atoms with E-state index in [-0.39, 0.29) is 17.9 Å². The maximum Gasteiger partial charge on any atom is 0.325 e. The minimum atomic E-state index is -0.895. The summed E-state index contributed by atoms with van der Waals surface area (Å²) in [5, 5.41) is 5.71. The van der Waals surface area contributed by atoms with Crippen LogP contribution in [0.15, 0.2) is 22.5 Å². The second-order valence-electron chi connectivity index (χ2n) is 9.17. The fourth-order valence-electron chi connectivity index (χ4n) is 5.06. The number of hydrogen-bond acceptors (Lipinski definition) is 6. The highest BCUT2D eigenvalue weighted by Gasteiger charge is 2.56. The molecule has 0 radical (unpaired) electrons. The Morgan fingerprint density at radius 3 is 2.83 bits per heavy atom. The molecule has 1 aromatic heterocycles. The summed E-state index contributed by atoms with van der Waals surface area (Å²) in [5.41, 5.74) is 0.567. The van der Waals surface area contributed by atoms with E-state index in [4.69, 9.17) is 0 Å². The van der Waals surface area contributed by atoms with E-state index in [1.54, 1.807) is 29.2 Å². The molecular formula is C21H26N4O3S2. The van der Waals surface area contributed by atoms with Crippen LogP contribution in [0, 0.1) is 11.3 Å². The number of imide groups is 1. The normalized spacial score (nSPS) is 25.7. The van der Waals surface area contributed by atoms with Gasteiger partial charge in [0.1, 0.15) is 12.1 Å². The number of nitrogens with one attached hydrogen (secondary N) is 2.